The zero-order chi connectivity index (χ0) is 16.5. The fraction of sp³-hybridized carbons (Fsp3) is 0.222. The van der Waals surface area contributed by atoms with Gasteiger partial charge in [0.05, 0.1) is 0 Å². The number of nitrogens with one attached hydrogen (secondary N) is 1. The summed E-state index contributed by atoms with van der Waals surface area (Å²) in [5.74, 6) is 0.357. The van der Waals surface area contributed by atoms with Gasteiger partial charge in [0, 0.05) is 10.7 Å². The van der Waals surface area contributed by atoms with Crippen LogP contribution in [0.15, 0.2) is 64.2 Å². The van der Waals surface area contributed by atoms with Crippen LogP contribution in [0.4, 0.5) is 0 Å². The fourth-order valence-electron chi connectivity index (χ4n) is 1.94. The molecule has 120 valence electrons. The molecule has 1 atom stereocenters. The van der Waals surface area contributed by atoms with Gasteiger partial charge in [0.1, 0.15) is 5.75 Å². The molecule has 0 spiro atoms. The third-order valence-electron chi connectivity index (χ3n) is 3.15. The van der Waals surface area contributed by atoms with Gasteiger partial charge in [-0.3, -0.25) is 4.79 Å². The first-order valence-corrected chi connectivity index (χ1v) is 8.22. The number of ether oxygens (including phenoxy) is 1. The largest absolute Gasteiger partial charge is 0.481 e. The second-order valence-electron chi connectivity index (χ2n) is 5.03. The molecule has 0 aliphatic rings. The van der Waals surface area contributed by atoms with E-state index >= 15 is 0 Å². The smallest absolute Gasteiger partial charge is 0.280 e. The normalized spacial score (nSPS) is 12.1. The SMILES string of the molecule is CC(Oc1cccc(Br)c1)C(=O)NN=CCCc1ccccc1. The Balaban J connectivity index is 1.72. The number of carbonyl (C=O) groups is 1. The Morgan fingerprint density at radius 3 is 2.78 bits per heavy atom. The van der Waals surface area contributed by atoms with Gasteiger partial charge in [-0.1, -0.05) is 52.3 Å². The molecule has 4 nitrogen and oxygen atoms in total. The van der Waals surface area contributed by atoms with Gasteiger partial charge in [-0.25, -0.2) is 5.43 Å². The maximum atomic E-state index is 11.9. The Morgan fingerprint density at radius 1 is 1.26 bits per heavy atom. The molecule has 0 aliphatic carbocycles. The lowest BCUT2D eigenvalue weighted by Gasteiger charge is -2.12. The van der Waals surface area contributed by atoms with Crippen LogP contribution in [0.5, 0.6) is 5.75 Å². The highest BCUT2D eigenvalue weighted by Gasteiger charge is 2.13. The van der Waals surface area contributed by atoms with E-state index in [0.29, 0.717) is 5.75 Å². The van der Waals surface area contributed by atoms with Crippen molar-refractivity contribution in [1.29, 1.82) is 0 Å². The molecule has 2 aromatic carbocycles. The Kier molecular flexibility index (Phi) is 6.81. The number of aryl methyl sites for hydroxylation is 1. The third-order valence-corrected chi connectivity index (χ3v) is 3.64. The zero-order valence-electron chi connectivity index (χ0n) is 12.9. The molecule has 0 aromatic heterocycles. The molecule has 0 bridgehead atoms. The highest BCUT2D eigenvalue weighted by Crippen LogP contribution is 2.18. The summed E-state index contributed by atoms with van der Waals surface area (Å²) in [6.07, 6.45) is 2.75. The van der Waals surface area contributed by atoms with Crippen molar-refractivity contribution in [3.63, 3.8) is 0 Å². The first-order valence-electron chi connectivity index (χ1n) is 7.42. The van der Waals surface area contributed by atoms with Crippen molar-refractivity contribution in [2.24, 2.45) is 5.10 Å². The lowest BCUT2D eigenvalue weighted by molar-refractivity contribution is -0.127. The molecule has 0 aliphatic heterocycles. The van der Waals surface area contributed by atoms with Crippen LogP contribution >= 0.6 is 15.9 Å². The summed E-state index contributed by atoms with van der Waals surface area (Å²) >= 11 is 3.36. The minimum absolute atomic E-state index is 0.277. The van der Waals surface area contributed by atoms with E-state index in [1.165, 1.54) is 5.56 Å². The Morgan fingerprint density at radius 2 is 2.04 bits per heavy atom. The highest BCUT2D eigenvalue weighted by molar-refractivity contribution is 9.10. The minimum Gasteiger partial charge on any atom is -0.481 e. The molecule has 1 amide bonds. The number of halogens is 1. The van der Waals surface area contributed by atoms with Gasteiger partial charge in [-0.05, 0) is 43.5 Å². The van der Waals surface area contributed by atoms with Crippen molar-refractivity contribution in [3.8, 4) is 5.75 Å². The van der Waals surface area contributed by atoms with Gasteiger partial charge in [0.2, 0.25) is 0 Å². The lowest BCUT2D eigenvalue weighted by atomic mass is 10.1. The summed E-state index contributed by atoms with van der Waals surface area (Å²) in [6.45, 7) is 1.69. The number of carbonyl (C=O) groups excluding carboxylic acids is 1. The zero-order valence-corrected chi connectivity index (χ0v) is 14.5. The summed E-state index contributed by atoms with van der Waals surface area (Å²) < 4.78 is 6.47. The number of nitrogens with zero attached hydrogens (tertiary/aromatic N) is 1. The van der Waals surface area contributed by atoms with Crippen LogP contribution < -0.4 is 10.2 Å². The minimum atomic E-state index is -0.615. The predicted octanol–water partition coefficient (Wildman–Crippen LogP) is 3.95. The molecule has 2 aromatic rings. The summed E-state index contributed by atoms with van der Waals surface area (Å²) in [7, 11) is 0. The van der Waals surface area contributed by atoms with Gasteiger partial charge < -0.3 is 4.74 Å². The molecule has 23 heavy (non-hydrogen) atoms. The number of hydrogen-bond acceptors (Lipinski definition) is 3. The van der Waals surface area contributed by atoms with Crippen molar-refractivity contribution in [3.05, 3.63) is 64.6 Å². The van der Waals surface area contributed by atoms with E-state index < -0.39 is 6.10 Å². The van der Waals surface area contributed by atoms with E-state index in [-0.39, 0.29) is 5.91 Å². The number of hydrazone groups is 1. The van der Waals surface area contributed by atoms with E-state index in [1.54, 1.807) is 19.2 Å². The summed E-state index contributed by atoms with van der Waals surface area (Å²) in [6, 6.07) is 17.5. The fourth-order valence-corrected chi connectivity index (χ4v) is 2.32. The lowest BCUT2D eigenvalue weighted by Crippen LogP contribution is -2.33. The molecular formula is C18H19BrN2O2. The van der Waals surface area contributed by atoms with Crippen LogP contribution in [-0.2, 0) is 11.2 Å². The van der Waals surface area contributed by atoms with Crippen molar-refractivity contribution in [2.45, 2.75) is 25.9 Å². The molecule has 1 N–H and O–H groups in total. The first kappa shape index (κ1) is 17.2. The third kappa shape index (κ3) is 6.24. The maximum absolute atomic E-state index is 11.9. The molecule has 0 saturated heterocycles. The van der Waals surface area contributed by atoms with E-state index in [2.05, 4.69) is 38.6 Å². The van der Waals surface area contributed by atoms with Crippen LogP contribution in [0.25, 0.3) is 0 Å². The maximum Gasteiger partial charge on any atom is 0.280 e. The monoisotopic (exact) mass is 374 g/mol. The van der Waals surface area contributed by atoms with Crippen LogP contribution in [0.3, 0.4) is 0 Å². The van der Waals surface area contributed by atoms with Crippen molar-refractivity contribution < 1.29 is 9.53 Å². The molecule has 0 heterocycles. The highest BCUT2D eigenvalue weighted by atomic mass is 79.9. The predicted molar refractivity (Wildman–Crippen MR) is 95.6 cm³/mol. The quantitative estimate of drug-likeness (QED) is 0.589. The van der Waals surface area contributed by atoms with E-state index in [1.807, 2.05) is 36.4 Å². The number of rotatable bonds is 7. The summed E-state index contributed by atoms with van der Waals surface area (Å²) in [4.78, 5) is 11.9. The van der Waals surface area contributed by atoms with Crippen LogP contribution in [0, 0.1) is 0 Å². The van der Waals surface area contributed by atoms with Gasteiger partial charge in [0.15, 0.2) is 6.10 Å². The standard InChI is InChI=1S/C18H19BrN2O2/c1-14(23-17-11-5-10-16(19)13-17)18(22)21-20-12-6-9-15-7-3-2-4-8-15/h2-5,7-8,10-14H,6,9H2,1H3,(H,21,22). The van der Waals surface area contributed by atoms with Gasteiger partial charge in [0.25, 0.3) is 5.91 Å². The molecule has 5 heteroatoms. The van der Waals surface area contributed by atoms with E-state index in [0.717, 1.165) is 17.3 Å². The number of benzene rings is 2. The number of hydrogen-bond donors (Lipinski definition) is 1. The van der Waals surface area contributed by atoms with Crippen molar-refractivity contribution in [1.82, 2.24) is 5.43 Å². The molecule has 0 radical (unpaired) electrons. The van der Waals surface area contributed by atoms with Crippen LogP contribution in [0.2, 0.25) is 0 Å². The molecule has 0 saturated carbocycles. The number of amides is 1. The van der Waals surface area contributed by atoms with E-state index in [9.17, 15) is 4.79 Å². The molecule has 1 unspecified atom stereocenters. The van der Waals surface area contributed by atoms with Crippen molar-refractivity contribution in [2.75, 3.05) is 0 Å². The Hall–Kier alpha value is -2.14. The Labute approximate surface area is 144 Å². The van der Waals surface area contributed by atoms with E-state index in [4.69, 9.17) is 4.74 Å². The Bertz CT molecular complexity index is 659. The second-order valence-corrected chi connectivity index (χ2v) is 5.95. The average molecular weight is 375 g/mol. The average Bonchev–Trinajstić information content (AvgIpc) is 2.55. The van der Waals surface area contributed by atoms with Gasteiger partial charge >= 0.3 is 0 Å². The molecular weight excluding hydrogens is 356 g/mol. The van der Waals surface area contributed by atoms with Gasteiger partial charge in [-0.2, -0.15) is 5.10 Å². The van der Waals surface area contributed by atoms with Crippen molar-refractivity contribution >= 4 is 28.1 Å². The van der Waals surface area contributed by atoms with Crippen LogP contribution in [-0.4, -0.2) is 18.2 Å². The first-order chi connectivity index (χ1) is 11.1. The second kappa shape index (κ2) is 9.10. The van der Waals surface area contributed by atoms with Crippen LogP contribution in [0.1, 0.15) is 18.9 Å². The van der Waals surface area contributed by atoms with Gasteiger partial charge in [-0.15, -0.1) is 0 Å². The molecule has 0 fully saturated rings. The topological polar surface area (TPSA) is 50.7 Å². The summed E-state index contributed by atoms with van der Waals surface area (Å²) in [5.41, 5.74) is 3.74. The molecule has 2 rings (SSSR count). The summed E-state index contributed by atoms with van der Waals surface area (Å²) in [5, 5.41) is 3.95.